The predicted molar refractivity (Wildman–Crippen MR) is 95.0 cm³/mol. The quantitative estimate of drug-likeness (QED) is 0.885. The van der Waals surface area contributed by atoms with Crippen molar-refractivity contribution in [3.8, 4) is 0 Å². The van der Waals surface area contributed by atoms with Crippen molar-refractivity contribution in [3.05, 3.63) is 71.3 Å². The summed E-state index contributed by atoms with van der Waals surface area (Å²) in [5.74, 6) is -0.916. The number of amides is 1. The number of hydrogen-bond acceptors (Lipinski definition) is 3. The van der Waals surface area contributed by atoms with E-state index in [1.807, 2.05) is 6.92 Å². The number of carbonyl (C=O) groups excluding carboxylic acids is 1. The molecule has 3 rings (SSSR count). The van der Waals surface area contributed by atoms with Crippen LogP contribution < -0.4 is 0 Å². The number of aliphatic hydroxyl groups is 1. The molecule has 4 nitrogen and oxygen atoms in total. The van der Waals surface area contributed by atoms with Crippen LogP contribution in [0.4, 0.5) is 13.2 Å². The summed E-state index contributed by atoms with van der Waals surface area (Å²) >= 11 is 0. The Morgan fingerprint density at radius 3 is 2.30 bits per heavy atom. The summed E-state index contributed by atoms with van der Waals surface area (Å²) in [6.07, 6.45) is -5.33. The molecule has 1 aliphatic heterocycles. The summed E-state index contributed by atoms with van der Waals surface area (Å²) < 4.78 is 40.8. The molecule has 0 spiro atoms. The van der Waals surface area contributed by atoms with Crippen LogP contribution >= 0.6 is 0 Å². The Balaban J connectivity index is 1.93. The van der Waals surface area contributed by atoms with Gasteiger partial charge < -0.3 is 5.11 Å². The summed E-state index contributed by atoms with van der Waals surface area (Å²) in [4.78, 5) is 12.5. The molecule has 7 heteroatoms. The number of carbonyl (C=O) groups is 1. The molecule has 0 bridgehead atoms. The Bertz CT molecular complexity index is 848. The summed E-state index contributed by atoms with van der Waals surface area (Å²) in [7, 11) is 0. The van der Waals surface area contributed by atoms with Crippen molar-refractivity contribution in [1.29, 1.82) is 0 Å². The summed E-state index contributed by atoms with van der Waals surface area (Å²) in [6, 6.07) is 15.3. The van der Waals surface area contributed by atoms with Gasteiger partial charge in [0.15, 0.2) is 0 Å². The molecule has 0 saturated carbocycles. The molecular weight excluding hydrogens is 357 g/mol. The maximum atomic E-state index is 13.6. The first kappa shape index (κ1) is 19.1. The van der Waals surface area contributed by atoms with Crippen molar-refractivity contribution in [2.45, 2.75) is 38.1 Å². The Morgan fingerprint density at radius 1 is 1.11 bits per heavy atom. The van der Waals surface area contributed by atoms with Crippen molar-refractivity contribution in [3.63, 3.8) is 0 Å². The van der Waals surface area contributed by atoms with E-state index in [1.165, 1.54) is 0 Å². The lowest BCUT2D eigenvalue weighted by atomic mass is 9.99. The van der Waals surface area contributed by atoms with Gasteiger partial charge in [-0.3, -0.25) is 4.79 Å². The molecule has 0 aliphatic carbocycles. The molecule has 27 heavy (non-hydrogen) atoms. The first-order valence-corrected chi connectivity index (χ1v) is 8.57. The average molecular weight is 376 g/mol. The van der Waals surface area contributed by atoms with Gasteiger partial charge in [0.1, 0.15) is 0 Å². The Hall–Kier alpha value is -2.67. The highest BCUT2D eigenvalue weighted by molar-refractivity contribution is 6.03. The fourth-order valence-electron chi connectivity index (χ4n) is 2.97. The van der Waals surface area contributed by atoms with E-state index in [-0.39, 0.29) is 17.1 Å². The van der Waals surface area contributed by atoms with E-state index in [2.05, 4.69) is 5.10 Å². The lowest BCUT2D eigenvalue weighted by Gasteiger charge is -2.32. The van der Waals surface area contributed by atoms with Gasteiger partial charge in [0.2, 0.25) is 5.91 Å². The van der Waals surface area contributed by atoms with Crippen LogP contribution in [0, 0.1) is 0 Å². The second kappa shape index (κ2) is 7.15. The van der Waals surface area contributed by atoms with Crippen molar-refractivity contribution < 1.29 is 23.1 Å². The first-order valence-electron chi connectivity index (χ1n) is 8.57. The number of alkyl halides is 3. The molecule has 2 aromatic rings. The van der Waals surface area contributed by atoms with Gasteiger partial charge >= 0.3 is 6.18 Å². The number of aryl methyl sites for hydroxylation is 1. The minimum Gasteiger partial charge on any atom is -0.362 e. The average Bonchev–Trinajstić information content (AvgIpc) is 3.02. The maximum Gasteiger partial charge on any atom is 0.438 e. The molecule has 1 N–H and O–H groups in total. The second-order valence-corrected chi connectivity index (χ2v) is 6.46. The van der Waals surface area contributed by atoms with Crippen LogP contribution in [-0.2, 0) is 17.6 Å². The number of nitrogens with zero attached hydrogens (tertiary/aromatic N) is 2. The molecule has 0 fully saturated rings. The van der Waals surface area contributed by atoms with Gasteiger partial charge in [-0.2, -0.15) is 23.3 Å². The van der Waals surface area contributed by atoms with Gasteiger partial charge in [0.05, 0.1) is 18.6 Å². The Morgan fingerprint density at radius 2 is 1.74 bits per heavy atom. The molecule has 142 valence electrons. The van der Waals surface area contributed by atoms with Gasteiger partial charge in [-0.25, -0.2) is 0 Å². The normalized spacial score (nSPS) is 19.9. The fourth-order valence-corrected chi connectivity index (χ4v) is 2.97. The van der Waals surface area contributed by atoms with E-state index in [4.69, 9.17) is 0 Å². The second-order valence-electron chi connectivity index (χ2n) is 6.46. The molecular formula is C20H19F3N2O2. The van der Waals surface area contributed by atoms with E-state index in [9.17, 15) is 23.1 Å². The molecule has 1 aliphatic rings. The van der Waals surface area contributed by atoms with E-state index in [0.29, 0.717) is 11.1 Å². The molecule has 0 aromatic heterocycles. The zero-order valence-corrected chi connectivity index (χ0v) is 14.7. The van der Waals surface area contributed by atoms with Crippen molar-refractivity contribution in [2.75, 3.05) is 0 Å². The SMILES string of the molecule is CCc1ccc(C2=NN(C(=O)Cc3ccccc3)[C@@](O)(C(F)(F)F)C2)cc1. The van der Waals surface area contributed by atoms with Gasteiger partial charge in [0, 0.05) is 0 Å². The minimum absolute atomic E-state index is 0.0267. The van der Waals surface area contributed by atoms with Crippen LogP contribution in [0.15, 0.2) is 59.7 Å². The Labute approximate surface area is 154 Å². The van der Waals surface area contributed by atoms with E-state index < -0.39 is 24.2 Å². The predicted octanol–water partition coefficient (Wildman–Crippen LogP) is 3.68. The maximum absolute atomic E-state index is 13.6. The Kier molecular flexibility index (Phi) is 5.06. The van der Waals surface area contributed by atoms with Crippen molar-refractivity contribution in [1.82, 2.24) is 5.01 Å². The molecule has 0 saturated heterocycles. The fraction of sp³-hybridized carbons (Fsp3) is 0.300. The first-order chi connectivity index (χ1) is 12.7. The number of hydrogen-bond donors (Lipinski definition) is 1. The molecule has 1 amide bonds. The molecule has 0 unspecified atom stereocenters. The van der Waals surface area contributed by atoms with Gasteiger partial charge in [0.25, 0.3) is 5.72 Å². The third-order valence-corrected chi connectivity index (χ3v) is 4.57. The molecule has 2 aromatic carbocycles. The van der Waals surface area contributed by atoms with E-state index in [0.717, 1.165) is 12.0 Å². The zero-order chi connectivity index (χ0) is 19.7. The van der Waals surface area contributed by atoms with E-state index >= 15 is 0 Å². The number of hydrazone groups is 1. The smallest absolute Gasteiger partial charge is 0.362 e. The lowest BCUT2D eigenvalue weighted by Crippen LogP contribution is -2.57. The summed E-state index contributed by atoms with van der Waals surface area (Å²) in [5, 5.41) is 14.4. The third kappa shape index (κ3) is 3.73. The largest absolute Gasteiger partial charge is 0.438 e. The van der Waals surface area contributed by atoms with Crippen molar-refractivity contribution >= 4 is 11.6 Å². The van der Waals surface area contributed by atoms with Crippen LogP contribution in [0.25, 0.3) is 0 Å². The monoisotopic (exact) mass is 376 g/mol. The molecule has 1 atom stereocenters. The summed E-state index contributed by atoms with van der Waals surface area (Å²) in [5.41, 5.74) is -1.30. The number of halogens is 3. The van der Waals surface area contributed by atoms with Crippen molar-refractivity contribution in [2.24, 2.45) is 5.10 Å². The minimum atomic E-state index is -5.03. The highest BCUT2D eigenvalue weighted by atomic mass is 19.4. The van der Waals surface area contributed by atoms with Gasteiger partial charge in [-0.1, -0.05) is 61.5 Å². The molecule has 0 radical (unpaired) electrons. The third-order valence-electron chi connectivity index (χ3n) is 4.57. The topological polar surface area (TPSA) is 52.9 Å². The van der Waals surface area contributed by atoms with Crippen LogP contribution in [-0.4, -0.2) is 33.6 Å². The molecule has 1 heterocycles. The van der Waals surface area contributed by atoms with Crippen LogP contribution in [0.3, 0.4) is 0 Å². The number of benzene rings is 2. The zero-order valence-electron chi connectivity index (χ0n) is 14.7. The highest BCUT2D eigenvalue weighted by Gasteiger charge is 2.63. The lowest BCUT2D eigenvalue weighted by molar-refractivity contribution is -0.302. The van der Waals surface area contributed by atoms with Crippen LogP contribution in [0.2, 0.25) is 0 Å². The van der Waals surface area contributed by atoms with Gasteiger partial charge in [-0.05, 0) is 23.1 Å². The standard InChI is InChI=1S/C20H19F3N2O2/c1-2-14-8-10-16(11-9-14)17-13-19(27,20(21,22)23)25(24-17)18(26)12-15-6-4-3-5-7-15/h3-11,27H,2,12-13H2,1H3/t19-/m0/s1. The van der Waals surface area contributed by atoms with E-state index in [1.54, 1.807) is 54.6 Å². The highest BCUT2D eigenvalue weighted by Crippen LogP contribution is 2.41. The van der Waals surface area contributed by atoms with Gasteiger partial charge in [-0.15, -0.1) is 0 Å². The van der Waals surface area contributed by atoms with Crippen LogP contribution in [0.5, 0.6) is 0 Å². The van der Waals surface area contributed by atoms with Crippen LogP contribution in [0.1, 0.15) is 30.0 Å². The number of rotatable bonds is 4. The summed E-state index contributed by atoms with van der Waals surface area (Å²) in [6.45, 7) is 1.97.